The summed E-state index contributed by atoms with van der Waals surface area (Å²) in [6, 6.07) is 13.7. The second-order valence-corrected chi connectivity index (χ2v) is 5.56. The van der Waals surface area contributed by atoms with Gasteiger partial charge < -0.3 is 5.73 Å². The second-order valence-electron chi connectivity index (χ2n) is 4.07. The predicted octanol–water partition coefficient (Wildman–Crippen LogP) is 4.12. The molecule has 0 unspecified atom stereocenters. The van der Waals surface area contributed by atoms with Gasteiger partial charge in [-0.05, 0) is 23.8 Å². The number of rotatable bonds is 2. The van der Waals surface area contributed by atoms with Gasteiger partial charge in [-0.3, -0.25) is 0 Å². The zero-order chi connectivity index (χ0) is 12.5. The first-order valence-electron chi connectivity index (χ1n) is 5.61. The van der Waals surface area contributed by atoms with Crippen molar-refractivity contribution in [3.8, 4) is 0 Å². The summed E-state index contributed by atoms with van der Waals surface area (Å²) in [5.74, 6) is 0. The van der Waals surface area contributed by atoms with E-state index in [9.17, 15) is 0 Å². The number of aromatic nitrogens is 1. The highest BCUT2D eigenvalue weighted by atomic mass is 35.5. The minimum absolute atomic E-state index is 0.752. The molecule has 2 nitrogen and oxygen atoms in total. The number of benzene rings is 2. The summed E-state index contributed by atoms with van der Waals surface area (Å²) in [6.45, 7) is 0. The number of para-hydroxylation sites is 1. The topological polar surface area (TPSA) is 38.9 Å². The van der Waals surface area contributed by atoms with Crippen LogP contribution in [-0.4, -0.2) is 4.98 Å². The number of anilines is 1. The molecule has 3 aromatic rings. The van der Waals surface area contributed by atoms with Gasteiger partial charge in [0, 0.05) is 12.1 Å². The Morgan fingerprint density at radius 1 is 1.11 bits per heavy atom. The molecule has 0 atom stereocenters. The quantitative estimate of drug-likeness (QED) is 0.714. The van der Waals surface area contributed by atoms with Crippen molar-refractivity contribution in [1.82, 2.24) is 4.98 Å². The largest absolute Gasteiger partial charge is 0.398 e. The molecule has 0 aliphatic rings. The van der Waals surface area contributed by atoms with Gasteiger partial charge in [-0.1, -0.05) is 35.9 Å². The highest BCUT2D eigenvalue weighted by Gasteiger charge is 2.08. The summed E-state index contributed by atoms with van der Waals surface area (Å²) >= 11 is 7.78. The maximum Gasteiger partial charge on any atom is 0.0983 e. The van der Waals surface area contributed by atoms with Crippen LogP contribution in [0, 0.1) is 0 Å². The first-order chi connectivity index (χ1) is 8.74. The Balaban J connectivity index is 2.01. The fourth-order valence-electron chi connectivity index (χ4n) is 1.90. The van der Waals surface area contributed by atoms with Crippen LogP contribution in [0.3, 0.4) is 0 Å². The number of fused-ring (bicyclic) bond motifs is 1. The van der Waals surface area contributed by atoms with E-state index in [0.717, 1.165) is 37.9 Å². The molecule has 0 aliphatic heterocycles. The molecule has 90 valence electrons. The highest BCUT2D eigenvalue weighted by Crippen LogP contribution is 2.30. The van der Waals surface area contributed by atoms with Gasteiger partial charge >= 0.3 is 0 Å². The standard InChI is InChI=1S/C14H11ClN2S/c15-10-5-3-7-12-14(10)18-13(17-12)8-9-4-1-2-6-11(9)16/h1-7H,8,16H2. The van der Waals surface area contributed by atoms with Crippen LogP contribution in [0.4, 0.5) is 5.69 Å². The van der Waals surface area contributed by atoms with Crippen LogP contribution in [0.5, 0.6) is 0 Å². The van der Waals surface area contributed by atoms with Gasteiger partial charge in [0.05, 0.1) is 20.2 Å². The van der Waals surface area contributed by atoms with Crippen molar-refractivity contribution in [2.24, 2.45) is 0 Å². The normalized spacial score (nSPS) is 10.9. The number of thiazole rings is 1. The first kappa shape index (κ1) is 11.5. The van der Waals surface area contributed by atoms with Gasteiger partial charge in [0.2, 0.25) is 0 Å². The van der Waals surface area contributed by atoms with Crippen LogP contribution in [0.15, 0.2) is 42.5 Å². The lowest BCUT2D eigenvalue weighted by atomic mass is 10.1. The molecule has 1 aromatic heterocycles. The smallest absolute Gasteiger partial charge is 0.0983 e. The number of nitrogens with zero attached hydrogens (tertiary/aromatic N) is 1. The van der Waals surface area contributed by atoms with Crippen LogP contribution in [-0.2, 0) is 6.42 Å². The van der Waals surface area contributed by atoms with Crippen molar-refractivity contribution in [3.05, 3.63) is 58.1 Å². The summed E-state index contributed by atoms with van der Waals surface area (Å²) in [5, 5.41) is 1.80. The molecule has 0 saturated carbocycles. The monoisotopic (exact) mass is 274 g/mol. The van der Waals surface area contributed by atoms with E-state index in [1.165, 1.54) is 0 Å². The van der Waals surface area contributed by atoms with Crippen LogP contribution < -0.4 is 5.73 Å². The van der Waals surface area contributed by atoms with E-state index in [2.05, 4.69) is 4.98 Å². The van der Waals surface area contributed by atoms with Crippen molar-refractivity contribution in [1.29, 1.82) is 0 Å². The maximum absolute atomic E-state index is 6.15. The molecule has 0 fully saturated rings. The molecule has 0 bridgehead atoms. The molecule has 0 radical (unpaired) electrons. The third-order valence-electron chi connectivity index (χ3n) is 2.81. The van der Waals surface area contributed by atoms with E-state index in [1.807, 2.05) is 42.5 Å². The van der Waals surface area contributed by atoms with Gasteiger partial charge in [0.15, 0.2) is 0 Å². The highest BCUT2D eigenvalue weighted by molar-refractivity contribution is 7.19. The van der Waals surface area contributed by atoms with Gasteiger partial charge in [0.1, 0.15) is 0 Å². The summed E-state index contributed by atoms with van der Waals surface area (Å²) < 4.78 is 1.05. The van der Waals surface area contributed by atoms with E-state index in [0.29, 0.717) is 0 Å². The molecule has 2 N–H and O–H groups in total. The average Bonchev–Trinajstić information content (AvgIpc) is 2.76. The summed E-state index contributed by atoms with van der Waals surface area (Å²) in [4.78, 5) is 4.59. The molecule has 0 spiro atoms. The van der Waals surface area contributed by atoms with Crippen molar-refractivity contribution < 1.29 is 0 Å². The Morgan fingerprint density at radius 2 is 1.94 bits per heavy atom. The minimum atomic E-state index is 0.752. The van der Waals surface area contributed by atoms with E-state index < -0.39 is 0 Å². The Labute approximate surface area is 114 Å². The fraction of sp³-hybridized carbons (Fsp3) is 0.0714. The van der Waals surface area contributed by atoms with Crippen molar-refractivity contribution in [3.63, 3.8) is 0 Å². The molecular formula is C14H11ClN2S. The summed E-state index contributed by atoms with van der Waals surface area (Å²) in [7, 11) is 0. The molecule has 0 aliphatic carbocycles. The Morgan fingerprint density at radius 3 is 2.72 bits per heavy atom. The Kier molecular flexibility index (Phi) is 2.94. The third-order valence-corrected chi connectivity index (χ3v) is 4.34. The molecule has 0 amide bonds. The molecule has 1 heterocycles. The lowest BCUT2D eigenvalue weighted by Gasteiger charge is -2.01. The summed E-state index contributed by atoms with van der Waals surface area (Å²) in [6.07, 6.45) is 0.752. The zero-order valence-corrected chi connectivity index (χ0v) is 11.1. The predicted molar refractivity (Wildman–Crippen MR) is 78.3 cm³/mol. The van der Waals surface area contributed by atoms with E-state index in [1.54, 1.807) is 11.3 Å². The van der Waals surface area contributed by atoms with Crippen molar-refractivity contribution in [2.45, 2.75) is 6.42 Å². The van der Waals surface area contributed by atoms with Gasteiger partial charge in [-0.2, -0.15) is 0 Å². The van der Waals surface area contributed by atoms with Gasteiger partial charge in [-0.25, -0.2) is 4.98 Å². The van der Waals surface area contributed by atoms with Crippen LogP contribution in [0.25, 0.3) is 10.2 Å². The van der Waals surface area contributed by atoms with Crippen molar-refractivity contribution in [2.75, 3.05) is 5.73 Å². The van der Waals surface area contributed by atoms with Crippen LogP contribution in [0.2, 0.25) is 5.02 Å². The molecule has 2 aromatic carbocycles. The SMILES string of the molecule is Nc1ccccc1Cc1nc2cccc(Cl)c2s1. The lowest BCUT2D eigenvalue weighted by Crippen LogP contribution is -1.94. The van der Waals surface area contributed by atoms with E-state index in [4.69, 9.17) is 17.3 Å². The number of hydrogen-bond donors (Lipinski definition) is 1. The van der Waals surface area contributed by atoms with Crippen molar-refractivity contribution >= 4 is 38.8 Å². The average molecular weight is 275 g/mol. The molecule has 4 heteroatoms. The van der Waals surface area contributed by atoms with Gasteiger partial charge in [0.25, 0.3) is 0 Å². The lowest BCUT2D eigenvalue weighted by molar-refractivity contribution is 1.16. The third kappa shape index (κ3) is 2.07. The van der Waals surface area contributed by atoms with Gasteiger partial charge in [-0.15, -0.1) is 11.3 Å². The Hall–Kier alpha value is -1.58. The first-order valence-corrected chi connectivity index (χ1v) is 6.81. The Bertz CT molecular complexity index is 706. The van der Waals surface area contributed by atoms with E-state index in [-0.39, 0.29) is 0 Å². The number of halogens is 1. The maximum atomic E-state index is 6.15. The zero-order valence-electron chi connectivity index (χ0n) is 9.56. The fourth-order valence-corrected chi connectivity index (χ4v) is 3.17. The van der Waals surface area contributed by atoms with Crippen LogP contribution >= 0.6 is 22.9 Å². The number of nitrogen functional groups attached to an aromatic ring is 1. The molecule has 3 rings (SSSR count). The molecule has 18 heavy (non-hydrogen) atoms. The molecule has 0 saturated heterocycles. The number of hydrogen-bond acceptors (Lipinski definition) is 3. The second kappa shape index (κ2) is 4.59. The molecular weight excluding hydrogens is 264 g/mol. The van der Waals surface area contributed by atoms with E-state index >= 15 is 0 Å². The number of nitrogens with two attached hydrogens (primary N) is 1. The summed E-state index contributed by atoms with van der Waals surface area (Å²) in [5.41, 5.74) is 8.81. The minimum Gasteiger partial charge on any atom is -0.398 e. The van der Waals surface area contributed by atoms with Crippen LogP contribution in [0.1, 0.15) is 10.6 Å².